The second kappa shape index (κ2) is 10.2. The summed E-state index contributed by atoms with van der Waals surface area (Å²) in [4.78, 5) is 14.3. The highest BCUT2D eigenvalue weighted by atomic mass is 35.5. The van der Waals surface area contributed by atoms with Gasteiger partial charge in [0.05, 0.1) is 6.54 Å². The number of carbonyl (C=O) groups is 1. The maximum absolute atomic E-state index is 11.9. The van der Waals surface area contributed by atoms with Crippen LogP contribution in [0.25, 0.3) is 6.08 Å². The number of Topliss-reactive ketones (excluding diaryl/α,β-unsaturated/α-hetero) is 1. The first-order valence-corrected chi connectivity index (χ1v) is 9.79. The molecule has 0 saturated carbocycles. The minimum absolute atomic E-state index is 0.0113. The normalized spacial score (nSPS) is 15.6. The van der Waals surface area contributed by atoms with E-state index in [1.807, 2.05) is 48.6 Å². The first-order chi connectivity index (χ1) is 13.7. The number of rotatable bonds is 7. The molecule has 3 rings (SSSR count). The van der Waals surface area contributed by atoms with E-state index in [1.54, 1.807) is 12.3 Å². The highest BCUT2D eigenvalue weighted by Gasteiger charge is 2.16. The number of nitrogens with two attached hydrogens (primary N) is 1. The first-order valence-electron chi connectivity index (χ1n) is 9.41. The quantitative estimate of drug-likeness (QED) is 0.576. The van der Waals surface area contributed by atoms with Crippen LogP contribution in [-0.4, -0.2) is 54.6 Å². The Morgan fingerprint density at radius 2 is 1.79 bits per heavy atom. The SMILES string of the molecule is NCC(=O)c1ccccc1/C=C/C=N/N1CCN(Cc2ccccc2Cl)CC1. The van der Waals surface area contributed by atoms with Crippen LogP contribution in [0.3, 0.4) is 0 Å². The molecule has 0 amide bonds. The Labute approximate surface area is 171 Å². The van der Waals surface area contributed by atoms with E-state index in [0.29, 0.717) is 5.56 Å². The molecule has 1 fully saturated rings. The minimum atomic E-state index is -0.0631. The lowest BCUT2D eigenvalue weighted by Gasteiger charge is -2.33. The van der Waals surface area contributed by atoms with Crippen LogP contribution in [0, 0.1) is 0 Å². The number of piperazine rings is 1. The number of hydrazone groups is 1. The van der Waals surface area contributed by atoms with Crippen molar-refractivity contribution >= 4 is 29.7 Å². The predicted octanol–water partition coefficient (Wildman–Crippen LogP) is 3.30. The van der Waals surface area contributed by atoms with Crippen LogP contribution in [-0.2, 0) is 6.54 Å². The first kappa shape index (κ1) is 20.3. The molecule has 28 heavy (non-hydrogen) atoms. The number of benzene rings is 2. The van der Waals surface area contributed by atoms with Gasteiger partial charge in [-0.15, -0.1) is 0 Å². The summed E-state index contributed by atoms with van der Waals surface area (Å²) in [6.45, 7) is 4.51. The van der Waals surface area contributed by atoms with E-state index < -0.39 is 0 Å². The van der Waals surface area contributed by atoms with Gasteiger partial charge in [-0.1, -0.05) is 60.1 Å². The Morgan fingerprint density at radius 1 is 1.07 bits per heavy atom. The van der Waals surface area contributed by atoms with Crippen LogP contribution in [0.4, 0.5) is 0 Å². The van der Waals surface area contributed by atoms with Gasteiger partial charge >= 0.3 is 0 Å². The van der Waals surface area contributed by atoms with E-state index in [-0.39, 0.29) is 12.3 Å². The van der Waals surface area contributed by atoms with Crippen molar-refractivity contribution < 1.29 is 4.79 Å². The van der Waals surface area contributed by atoms with Crippen molar-refractivity contribution in [2.75, 3.05) is 32.7 Å². The molecule has 0 aliphatic carbocycles. The number of carbonyl (C=O) groups excluding carboxylic acids is 1. The van der Waals surface area contributed by atoms with Gasteiger partial charge in [-0.3, -0.25) is 14.7 Å². The maximum Gasteiger partial charge on any atom is 0.176 e. The summed E-state index contributed by atoms with van der Waals surface area (Å²) in [5.74, 6) is -0.0631. The molecule has 0 unspecified atom stereocenters. The van der Waals surface area contributed by atoms with Crippen LogP contribution in [0.5, 0.6) is 0 Å². The lowest BCUT2D eigenvalue weighted by atomic mass is 10.0. The minimum Gasteiger partial charge on any atom is -0.324 e. The molecular weight excluding hydrogens is 372 g/mol. The Kier molecular flexibility index (Phi) is 7.37. The number of hydrogen-bond donors (Lipinski definition) is 1. The molecule has 2 aromatic rings. The zero-order chi connectivity index (χ0) is 19.8. The Balaban J connectivity index is 1.50. The maximum atomic E-state index is 11.9. The summed E-state index contributed by atoms with van der Waals surface area (Å²) in [7, 11) is 0. The zero-order valence-electron chi connectivity index (χ0n) is 15.8. The number of hydrogen-bond acceptors (Lipinski definition) is 5. The highest BCUT2D eigenvalue weighted by molar-refractivity contribution is 6.31. The van der Waals surface area contributed by atoms with Crippen LogP contribution < -0.4 is 5.73 Å². The molecule has 0 spiro atoms. The molecule has 146 valence electrons. The molecule has 1 heterocycles. The lowest BCUT2D eigenvalue weighted by molar-refractivity contribution is 0.100. The van der Waals surface area contributed by atoms with Gasteiger partial charge < -0.3 is 5.73 Å². The third-order valence-electron chi connectivity index (χ3n) is 4.74. The summed E-state index contributed by atoms with van der Waals surface area (Å²) < 4.78 is 0. The molecule has 0 aromatic heterocycles. The van der Waals surface area contributed by atoms with Crippen LogP contribution in [0.15, 0.2) is 59.7 Å². The zero-order valence-corrected chi connectivity index (χ0v) is 16.6. The van der Waals surface area contributed by atoms with Crippen molar-refractivity contribution in [3.63, 3.8) is 0 Å². The van der Waals surface area contributed by atoms with E-state index in [2.05, 4.69) is 21.1 Å². The Hall–Kier alpha value is -2.47. The molecule has 6 heteroatoms. The molecule has 5 nitrogen and oxygen atoms in total. The third kappa shape index (κ3) is 5.52. The predicted molar refractivity (Wildman–Crippen MR) is 116 cm³/mol. The molecule has 0 atom stereocenters. The number of allylic oxidation sites excluding steroid dienone is 1. The summed E-state index contributed by atoms with van der Waals surface area (Å²) in [6.07, 6.45) is 5.52. The van der Waals surface area contributed by atoms with Gasteiger partial charge in [0, 0.05) is 49.5 Å². The van der Waals surface area contributed by atoms with Crippen LogP contribution in [0.1, 0.15) is 21.5 Å². The van der Waals surface area contributed by atoms with Gasteiger partial charge in [-0.05, 0) is 23.3 Å². The fraction of sp³-hybridized carbons (Fsp3) is 0.273. The smallest absolute Gasteiger partial charge is 0.176 e. The van der Waals surface area contributed by atoms with Crippen molar-refractivity contribution in [1.29, 1.82) is 0 Å². The molecule has 0 radical (unpaired) electrons. The van der Waals surface area contributed by atoms with Crippen LogP contribution >= 0.6 is 11.6 Å². The van der Waals surface area contributed by atoms with Crippen molar-refractivity contribution in [3.8, 4) is 0 Å². The van der Waals surface area contributed by atoms with Gasteiger partial charge in [0.15, 0.2) is 5.78 Å². The second-order valence-electron chi connectivity index (χ2n) is 6.66. The second-order valence-corrected chi connectivity index (χ2v) is 7.07. The molecule has 0 bridgehead atoms. The van der Waals surface area contributed by atoms with E-state index in [0.717, 1.165) is 48.9 Å². The topological polar surface area (TPSA) is 61.9 Å². The largest absolute Gasteiger partial charge is 0.324 e. The van der Waals surface area contributed by atoms with Crippen molar-refractivity contribution in [3.05, 3.63) is 76.3 Å². The summed E-state index contributed by atoms with van der Waals surface area (Å²) in [6, 6.07) is 15.4. The summed E-state index contributed by atoms with van der Waals surface area (Å²) in [5.41, 5.74) is 8.13. The fourth-order valence-corrected chi connectivity index (χ4v) is 3.36. The van der Waals surface area contributed by atoms with Crippen molar-refractivity contribution in [1.82, 2.24) is 9.91 Å². The Morgan fingerprint density at radius 3 is 2.54 bits per heavy atom. The van der Waals surface area contributed by atoms with Gasteiger partial charge in [0.1, 0.15) is 0 Å². The molecule has 1 aliphatic heterocycles. The average Bonchev–Trinajstić information content (AvgIpc) is 2.74. The average molecular weight is 397 g/mol. The third-order valence-corrected chi connectivity index (χ3v) is 5.11. The molecular formula is C22H25ClN4O. The van der Waals surface area contributed by atoms with Crippen LogP contribution in [0.2, 0.25) is 5.02 Å². The Bertz CT molecular complexity index is 857. The van der Waals surface area contributed by atoms with Gasteiger partial charge in [0.2, 0.25) is 0 Å². The van der Waals surface area contributed by atoms with E-state index in [4.69, 9.17) is 17.3 Å². The van der Waals surface area contributed by atoms with E-state index in [9.17, 15) is 4.79 Å². The molecule has 2 N–H and O–H groups in total. The molecule has 1 saturated heterocycles. The van der Waals surface area contributed by atoms with Gasteiger partial charge in [-0.2, -0.15) is 5.10 Å². The monoisotopic (exact) mass is 396 g/mol. The lowest BCUT2D eigenvalue weighted by Crippen LogP contribution is -2.43. The molecule has 2 aromatic carbocycles. The van der Waals surface area contributed by atoms with E-state index in [1.165, 1.54) is 0 Å². The number of halogens is 1. The fourth-order valence-electron chi connectivity index (χ4n) is 3.16. The van der Waals surface area contributed by atoms with Crippen molar-refractivity contribution in [2.24, 2.45) is 10.8 Å². The molecule has 1 aliphatic rings. The summed E-state index contributed by atoms with van der Waals surface area (Å²) >= 11 is 6.25. The van der Waals surface area contributed by atoms with E-state index >= 15 is 0 Å². The van der Waals surface area contributed by atoms with Gasteiger partial charge in [0.25, 0.3) is 0 Å². The highest BCUT2D eigenvalue weighted by Crippen LogP contribution is 2.18. The van der Waals surface area contributed by atoms with Gasteiger partial charge in [-0.25, -0.2) is 0 Å². The number of ketones is 1. The summed E-state index contributed by atoms with van der Waals surface area (Å²) in [5, 5.41) is 7.39. The number of nitrogens with zero attached hydrogens (tertiary/aromatic N) is 3. The van der Waals surface area contributed by atoms with Crippen molar-refractivity contribution in [2.45, 2.75) is 6.54 Å². The standard InChI is InChI=1S/C22H25ClN4O/c23-21-10-4-2-7-19(21)17-26-12-14-27(15-13-26)25-11-5-8-18-6-1-3-9-20(18)22(28)16-24/h1-11H,12-17,24H2/b8-5+,25-11+.